The highest BCUT2D eigenvalue weighted by atomic mass is 16.6. The average Bonchev–Trinajstić information content (AvgIpc) is 3.03. The Morgan fingerprint density at radius 2 is 2.21 bits per heavy atom. The number of rotatable bonds is 4. The van der Waals surface area contributed by atoms with E-state index in [2.05, 4.69) is 30.6 Å². The lowest BCUT2D eigenvalue weighted by molar-refractivity contribution is -0.255. The molecule has 9 nitrogen and oxygen atoms in total. The van der Waals surface area contributed by atoms with E-state index in [1.807, 2.05) is 24.3 Å². The van der Waals surface area contributed by atoms with Crippen molar-refractivity contribution in [2.24, 2.45) is 0 Å². The molecule has 0 amide bonds. The van der Waals surface area contributed by atoms with Gasteiger partial charge in [0.15, 0.2) is 5.69 Å². The summed E-state index contributed by atoms with van der Waals surface area (Å²) in [7, 11) is 0. The van der Waals surface area contributed by atoms with Crippen LogP contribution in [0, 0.1) is 0 Å². The van der Waals surface area contributed by atoms with E-state index in [9.17, 15) is 9.90 Å². The van der Waals surface area contributed by atoms with Crippen molar-refractivity contribution in [3.8, 4) is 0 Å². The molecular formula is C10H7N6O3-. The second-order valence-electron chi connectivity index (χ2n) is 3.66. The number of hydrogen-bond donors (Lipinski definition) is 1. The molecule has 96 valence electrons. The summed E-state index contributed by atoms with van der Waals surface area (Å²) in [5, 5.41) is 28.0. The summed E-state index contributed by atoms with van der Waals surface area (Å²) in [5.74, 6) is -1.48. The number of carbonyl (C=O) groups excluding carboxylic acids is 1. The summed E-state index contributed by atoms with van der Waals surface area (Å²) in [5.41, 5.74) is 1.16. The maximum absolute atomic E-state index is 10.7. The zero-order valence-corrected chi connectivity index (χ0v) is 9.48. The third-order valence-corrected chi connectivity index (χ3v) is 2.50. The summed E-state index contributed by atoms with van der Waals surface area (Å²) < 4.78 is 5.89. The molecule has 0 spiro atoms. The number of aromatic nitrogens is 5. The van der Waals surface area contributed by atoms with Crippen LogP contribution in [0.15, 0.2) is 28.9 Å². The standard InChI is InChI=1S/C10H8N6O3/c17-10(18)8-9(14-19-13-8)11-5-16-7-4-2-1-3-6(7)12-15-16/h1-4H,5H2,(H,11,14)(H,17,18)/p-1. The summed E-state index contributed by atoms with van der Waals surface area (Å²) in [6.45, 7) is 0.176. The smallest absolute Gasteiger partial charge is 0.201 e. The number of nitrogens with zero attached hydrogens (tertiary/aromatic N) is 5. The van der Waals surface area contributed by atoms with Gasteiger partial charge in [-0.2, -0.15) is 0 Å². The van der Waals surface area contributed by atoms with Crippen molar-refractivity contribution in [3.05, 3.63) is 30.0 Å². The van der Waals surface area contributed by atoms with Gasteiger partial charge in [0.1, 0.15) is 12.2 Å². The molecule has 1 N–H and O–H groups in total. The summed E-state index contributed by atoms with van der Waals surface area (Å²) in [4.78, 5) is 10.7. The summed E-state index contributed by atoms with van der Waals surface area (Å²) >= 11 is 0. The number of anilines is 1. The molecule has 0 radical (unpaired) electrons. The maximum Gasteiger partial charge on any atom is 0.201 e. The van der Waals surface area contributed by atoms with Gasteiger partial charge in [0.2, 0.25) is 5.82 Å². The number of carboxylic acid groups (broad SMARTS) is 1. The number of carboxylic acids is 1. The quantitative estimate of drug-likeness (QED) is 0.649. The lowest BCUT2D eigenvalue weighted by Crippen LogP contribution is -2.24. The van der Waals surface area contributed by atoms with Gasteiger partial charge in [-0.15, -0.1) is 5.10 Å². The average molecular weight is 259 g/mol. The van der Waals surface area contributed by atoms with E-state index < -0.39 is 5.97 Å². The lowest BCUT2D eigenvalue weighted by atomic mass is 10.3. The molecule has 0 saturated heterocycles. The van der Waals surface area contributed by atoms with Crippen molar-refractivity contribution < 1.29 is 14.5 Å². The molecule has 2 heterocycles. The Morgan fingerprint density at radius 3 is 3.05 bits per heavy atom. The molecule has 0 aliphatic rings. The van der Waals surface area contributed by atoms with E-state index in [1.54, 1.807) is 4.68 Å². The zero-order valence-electron chi connectivity index (χ0n) is 9.48. The molecule has 0 bridgehead atoms. The minimum Gasteiger partial charge on any atom is -0.543 e. The molecule has 3 aromatic rings. The van der Waals surface area contributed by atoms with Crippen molar-refractivity contribution >= 4 is 22.8 Å². The van der Waals surface area contributed by atoms with Gasteiger partial charge < -0.3 is 15.2 Å². The fourth-order valence-electron chi connectivity index (χ4n) is 1.62. The topological polar surface area (TPSA) is 122 Å². The van der Waals surface area contributed by atoms with Crippen LogP contribution in [0.5, 0.6) is 0 Å². The van der Waals surface area contributed by atoms with Crippen LogP contribution in [-0.2, 0) is 6.67 Å². The van der Waals surface area contributed by atoms with Crippen LogP contribution >= 0.6 is 0 Å². The van der Waals surface area contributed by atoms with Gasteiger partial charge >= 0.3 is 0 Å². The van der Waals surface area contributed by atoms with Crippen molar-refractivity contribution in [1.82, 2.24) is 25.3 Å². The monoisotopic (exact) mass is 259 g/mol. The fourth-order valence-corrected chi connectivity index (χ4v) is 1.62. The Morgan fingerprint density at radius 1 is 1.37 bits per heavy atom. The largest absolute Gasteiger partial charge is 0.543 e. The van der Waals surface area contributed by atoms with Gasteiger partial charge in [-0.05, 0) is 22.4 Å². The molecule has 0 saturated carbocycles. The summed E-state index contributed by atoms with van der Waals surface area (Å²) in [6.07, 6.45) is 0. The van der Waals surface area contributed by atoms with Gasteiger partial charge in [0.05, 0.1) is 11.5 Å². The third-order valence-electron chi connectivity index (χ3n) is 2.50. The highest BCUT2D eigenvalue weighted by Gasteiger charge is 2.11. The first-order valence-electron chi connectivity index (χ1n) is 5.31. The zero-order chi connectivity index (χ0) is 13.2. The van der Waals surface area contributed by atoms with E-state index >= 15 is 0 Å². The number of para-hydroxylation sites is 1. The van der Waals surface area contributed by atoms with E-state index in [0.29, 0.717) is 0 Å². The first-order chi connectivity index (χ1) is 9.25. The Bertz CT molecular complexity index is 734. The molecule has 1 aromatic carbocycles. The molecule has 0 aliphatic carbocycles. The maximum atomic E-state index is 10.7. The molecule has 9 heteroatoms. The van der Waals surface area contributed by atoms with Crippen LogP contribution in [0.1, 0.15) is 10.5 Å². The highest BCUT2D eigenvalue weighted by Crippen LogP contribution is 2.12. The molecule has 2 aromatic heterocycles. The molecule has 19 heavy (non-hydrogen) atoms. The number of nitrogens with one attached hydrogen (secondary N) is 1. The first kappa shape index (κ1) is 11.1. The van der Waals surface area contributed by atoms with Crippen molar-refractivity contribution in [2.45, 2.75) is 6.67 Å². The Balaban J connectivity index is 1.83. The molecule has 0 fully saturated rings. The van der Waals surface area contributed by atoms with Crippen molar-refractivity contribution in [3.63, 3.8) is 0 Å². The SMILES string of the molecule is O=C([O-])c1nonc1NCn1nnc2ccccc21. The van der Waals surface area contributed by atoms with Crippen molar-refractivity contribution in [1.29, 1.82) is 0 Å². The van der Waals surface area contributed by atoms with E-state index in [-0.39, 0.29) is 18.2 Å². The van der Waals surface area contributed by atoms with Crippen LogP contribution in [0.4, 0.5) is 5.82 Å². The van der Waals surface area contributed by atoms with Crippen LogP contribution in [-0.4, -0.2) is 31.3 Å². The van der Waals surface area contributed by atoms with Crippen LogP contribution in [0.25, 0.3) is 11.0 Å². The second kappa shape index (κ2) is 4.37. The number of aromatic carboxylic acids is 1. The van der Waals surface area contributed by atoms with Gasteiger partial charge in [-0.25, -0.2) is 9.31 Å². The number of benzene rings is 1. The highest BCUT2D eigenvalue weighted by molar-refractivity contribution is 5.88. The molecule has 0 aliphatic heterocycles. The molecular weight excluding hydrogens is 252 g/mol. The number of carbonyl (C=O) groups is 1. The molecule has 0 unspecified atom stereocenters. The van der Waals surface area contributed by atoms with Gasteiger partial charge in [0, 0.05) is 0 Å². The third kappa shape index (κ3) is 1.97. The van der Waals surface area contributed by atoms with Crippen molar-refractivity contribution in [2.75, 3.05) is 5.32 Å². The molecule has 3 rings (SSSR count). The van der Waals surface area contributed by atoms with Crippen LogP contribution < -0.4 is 10.4 Å². The predicted molar refractivity (Wildman–Crippen MR) is 59.8 cm³/mol. The molecule has 0 atom stereocenters. The predicted octanol–water partition coefficient (Wildman–Crippen LogP) is -0.753. The van der Waals surface area contributed by atoms with E-state index in [4.69, 9.17) is 0 Å². The van der Waals surface area contributed by atoms with Gasteiger partial charge in [-0.3, -0.25) is 0 Å². The first-order valence-corrected chi connectivity index (χ1v) is 5.31. The van der Waals surface area contributed by atoms with Gasteiger partial charge in [-0.1, -0.05) is 17.3 Å². The van der Waals surface area contributed by atoms with E-state index in [0.717, 1.165) is 11.0 Å². The fraction of sp³-hybridized carbons (Fsp3) is 0.100. The minimum atomic E-state index is -1.47. The van der Waals surface area contributed by atoms with Crippen LogP contribution in [0.2, 0.25) is 0 Å². The van der Waals surface area contributed by atoms with Crippen LogP contribution in [0.3, 0.4) is 0 Å². The van der Waals surface area contributed by atoms with Gasteiger partial charge in [0.25, 0.3) is 0 Å². The lowest BCUT2D eigenvalue weighted by Gasteiger charge is -2.04. The Hall–Kier alpha value is -2.97. The Labute approximate surface area is 105 Å². The number of fused-ring (bicyclic) bond motifs is 1. The number of hydrogen-bond acceptors (Lipinski definition) is 8. The normalized spacial score (nSPS) is 10.7. The van der Waals surface area contributed by atoms with E-state index in [1.165, 1.54) is 0 Å². The minimum absolute atomic E-state index is 0.0143. The second-order valence-corrected chi connectivity index (χ2v) is 3.66. The summed E-state index contributed by atoms with van der Waals surface area (Å²) in [6, 6.07) is 7.37. The Kier molecular flexibility index (Phi) is 2.56.